The van der Waals surface area contributed by atoms with Crippen molar-refractivity contribution >= 4 is 18.7 Å². The first-order chi connectivity index (χ1) is 8.25. The third-order valence-corrected chi connectivity index (χ3v) is 3.03. The average molecular weight is 223 g/mol. The molecule has 17 heavy (non-hydrogen) atoms. The van der Waals surface area contributed by atoms with E-state index >= 15 is 0 Å². The van der Waals surface area contributed by atoms with Crippen LogP contribution >= 0.6 is 0 Å². The molecule has 2 rings (SSSR count). The van der Waals surface area contributed by atoms with E-state index in [2.05, 4.69) is 49.1 Å². The molecule has 0 saturated carbocycles. The zero-order valence-electron chi connectivity index (χ0n) is 10.2. The number of fused-ring (bicyclic) bond motifs is 1. The number of aromatic nitrogens is 1. The number of nitrogens with zero attached hydrogens (tertiary/aromatic N) is 1. The van der Waals surface area contributed by atoms with Crippen molar-refractivity contribution in [1.82, 2.24) is 4.57 Å². The number of rotatable bonds is 1. The maximum Gasteiger partial charge on any atom is 0.0480 e. The van der Waals surface area contributed by atoms with Crippen LogP contribution in [0.15, 0.2) is 43.0 Å². The summed E-state index contributed by atoms with van der Waals surface area (Å²) < 4.78 is 2.19. The molecule has 0 aliphatic heterocycles. The topological polar surface area (TPSA) is 4.93 Å². The molecular weight excluding hydrogens is 206 g/mol. The highest BCUT2D eigenvalue weighted by molar-refractivity contribution is 5.58. The van der Waals surface area contributed by atoms with Crippen LogP contribution in [0.5, 0.6) is 0 Å². The van der Waals surface area contributed by atoms with E-state index in [1.165, 1.54) is 11.3 Å². The van der Waals surface area contributed by atoms with E-state index in [1.54, 1.807) is 0 Å². The fraction of sp³-hybridized carbons (Fsp3) is 0.125. The third-order valence-electron chi connectivity index (χ3n) is 3.03. The van der Waals surface area contributed by atoms with Gasteiger partial charge in [-0.2, -0.15) is 0 Å². The smallest absolute Gasteiger partial charge is 0.0480 e. The lowest BCUT2D eigenvalue weighted by Gasteiger charge is -2.01. The summed E-state index contributed by atoms with van der Waals surface area (Å²) in [4.78, 5) is 0. The number of allylic oxidation sites excluding steroid dienone is 6. The van der Waals surface area contributed by atoms with Crippen molar-refractivity contribution in [1.29, 1.82) is 0 Å². The highest BCUT2D eigenvalue weighted by Crippen LogP contribution is 2.08. The van der Waals surface area contributed by atoms with Crippen molar-refractivity contribution in [3.05, 3.63) is 64.9 Å². The maximum absolute atomic E-state index is 4.18. The first-order valence-corrected chi connectivity index (χ1v) is 5.75. The largest absolute Gasteiger partial charge is 0.347 e. The predicted octanol–water partition coefficient (Wildman–Crippen LogP) is 2.08. The molecule has 0 saturated heterocycles. The van der Waals surface area contributed by atoms with E-state index in [9.17, 15) is 0 Å². The van der Waals surface area contributed by atoms with Gasteiger partial charge in [-0.15, -0.1) is 0 Å². The quantitative estimate of drug-likeness (QED) is 0.687. The van der Waals surface area contributed by atoms with Gasteiger partial charge in [-0.1, -0.05) is 55.7 Å². The van der Waals surface area contributed by atoms with Crippen LogP contribution in [0.1, 0.15) is 11.3 Å². The van der Waals surface area contributed by atoms with Gasteiger partial charge < -0.3 is 4.57 Å². The molecule has 1 nitrogen and oxygen atoms in total. The van der Waals surface area contributed by atoms with Crippen molar-refractivity contribution in [2.45, 2.75) is 6.42 Å². The van der Waals surface area contributed by atoms with Crippen LogP contribution in [0.3, 0.4) is 0 Å². The van der Waals surface area contributed by atoms with Gasteiger partial charge >= 0.3 is 0 Å². The van der Waals surface area contributed by atoms with Crippen molar-refractivity contribution in [3.63, 3.8) is 0 Å². The molecule has 0 unspecified atom stereocenters. The Balaban J connectivity index is 2.76. The van der Waals surface area contributed by atoms with Crippen LogP contribution in [0.4, 0.5) is 0 Å². The van der Waals surface area contributed by atoms with Gasteiger partial charge in [-0.3, -0.25) is 0 Å². The van der Waals surface area contributed by atoms with E-state index < -0.39 is 0 Å². The highest BCUT2D eigenvalue weighted by Gasteiger charge is 2.07. The van der Waals surface area contributed by atoms with Crippen LogP contribution in [-0.4, -0.2) is 4.57 Å². The van der Waals surface area contributed by atoms with Gasteiger partial charge in [0.1, 0.15) is 0 Å². The van der Waals surface area contributed by atoms with E-state index in [0.29, 0.717) is 0 Å². The molecule has 0 aromatic carbocycles. The Bertz CT molecular complexity index is 621. The zero-order chi connectivity index (χ0) is 12.3. The van der Waals surface area contributed by atoms with Crippen LogP contribution in [0, 0.1) is 0 Å². The number of hydrogen-bond donors (Lipinski definition) is 0. The average Bonchev–Trinajstić information content (AvgIpc) is 2.61. The molecule has 1 aliphatic rings. The second-order valence-corrected chi connectivity index (χ2v) is 4.06. The fourth-order valence-electron chi connectivity index (χ4n) is 2.15. The molecule has 0 atom stereocenters. The lowest BCUT2D eigenvalue weighted by molar-refractivity contribution is 0.828. The summed E-state index contributed by atoms with van der Waals surface area (Å²) in [6.45, 7) is 7.93. The van der Waals surface area contributed by atoms with E-state index in [1.807, 2.05) is 24.3 Å². The molecule has 0 radical (unpaired) electrons. The van der Waals surface area contributed by atoms with Crippen molar-refractivity contribution in [3.8, 4) is 0 Å². The summed E-state index contributed by atoms with van der Waals surface area (Å²) in [7, 11) is 2.08. The molecule has 1 aromatic rings. The van der Waals surface area contributed by atoms with E-state index in [-0.39, 0.29) is 0 Å². The van der Waals surface area contributed by atoms with Gasteiger partial charge in [0.15, 0.2) is 0 Å². The second-order valence-electron chi connectivity index (χ2n) is 4.06. The summed E-state index contributed by atoms with van der Waals surface area (Å²) in [5.74, 6) is 0. The Labute approximate surface area is 102 Å². The number of hydrogen-bond acceptors (Lipinski definition) is 0. The molecule has 0 fully saturated rings. The SMILES string of the molecule is C=C/C=c1\c(=C)c2c(n1C)C/C=C/C=C\C=C\2. The minimum Gasteiger partial charge on any atom is -0.347 e. The monoisotopic (exact) mass is 223 g/mol. The molecule has 1 heterocycles. The Kier molecular flexibility index (Phi) is 3.29. The molecule has 0 amide bonds. The Morgan fingerprint density at radius 3 is 2.76 bits per heavy atom. The molecule has 0 spiro atoms. The first-order valence-electron chi connectivity index (χ1n) is 5.75. The van der Waals surface area contributed by atoms with Gasteiger partial charge in [0, 0.05) is 30.1 Å². The lowest BCUT2D eigenvalue weighted by Crippen LogP contribution is -2.27. The highest BCUT2D eigenvalue weighted by atomic mass is 14.9. The van der Waals surface area contributed by atoms with Crippen LogP contribution in [0.25, 0.3) is 18.7 Å². The molecule has 1 heteroatoms. The summed E-state index contributed by atoms with van der Waals surface area (Å²) in [5, 5.41) is 2.20. The maximum atomic E-state index is 4.18. The van der Waals surface area contributed by atoms with Crippen LogP contribution in [-0.2, 0) is 13.5 Å². The standard InChI is InChI=1S/C16H17N/c1-4-10-15-13(2)14-11-8-6-5-7-9-12-16(14)17(15)3/h4-11H,1-2,12H2,3H3/b6-5-,9-7+,11-8+,15-10+. The Morgan fingerprint density at radius 2 is 2.00 bits per heavy atom. The fourth-order valence-corrected chi connectivity index (χ4v) is 2.15. The summed E-state index contributed by atoms with van der Waals surface area (Å²) in [6, 6.07) is 0. The van der Waals surface area contributed by atoms with Gasteiger partial charge in [0.25, 0.3) is 0 Å². The second kappa shape index (κ2) is 4.88. The Morgan fingerprint density at radius 1 is 1.24 bits per heavy atom. The van der Waals surface area contributed by atoms with Crippen LogP contribution in [0.2, 0.25) is 0 Å². The van der Waals surface area contributed by atoms with E-state index in [4.69, 9.17) is 0 Å². The summed E-state index contributed by atoms with van der Waals surface area (Å²) in [6.07, 6.45) is 17.2. The minimum atomic E-state index is 0.925. The van der Waals surface area contributed by atoms with Gasteiger partial charge in [-0.05, 0) is 11.3 Å². The molecule has 1 aliphatic carbocycles. The van der Waals surface area contributed by atoms with Gasteiger partial charge in [0.05, 0.1) is 0 Å². The molecule has 1 aromatic heterocycles. The minimum absolute atomic E-state index is 0.925. The van der Waals surface area contributed by atoms with Gasteiger partial charge in [-0.25, -0.2) is 0 Å². The van der Waals surface area contributed by atoms with Gasteiger partial charge in [0.2, 0.25) is 0 Å². The van der Waals surface area contributed by atoms with Crippen molar-refractivity contribution in [2.24, 2.45) is 7.05 Å². The van der Waals surface area contributed by atoms with E-state index in [0.717, 1.165) is 17.0 Å². The first kappa shape index (κ1) is 11.5. The molecule has 0 bridgehead atoms. The van der Waals surface area contributed by atoms with Crippen molar-refractivity contribution < 1.29 is 0 Å². The molecular formula is C16H17N. The van der Waals surface area contributed by atoms with Crippen molar-refractivity contribution in [2.75, 3.05) is 0 Å². The van der Waals surface area contributed by atoms with Crippen LogP contribution < -0.4 is 10.6 Å². The Hall–Kier alpha value is -2.02. The summed E-state index contributed by atoms with van der Waals surface area (Å²) in [5.41, 5.74) is 2.51. The molecule has 0 N–H and O–H groups in total. The summed E-state index contributed by atoms with van der Waals surface area (Å²) >= 11 is 0. The predicted molar refractivity (Wildman–Crippen MR) is 75.9 cm³/mol. The zero-order valence-corrected chi connectivity index (χ0v) is 10.2. The molecule has 86 valence electrons. The lowest BCUT2D eigenvalue weighted by atomic mass is 10.1. The third kappa shape index (κ3) is 2.09. The normalized spacial score (nSPS) is 20.9.